The van der Waals surface area contributed by atoms with E-state index in [9.17, 15) is 111 Å². The molecule has 1 aliphatic heterocycles. The van der Waals surface area contributed by atoms with Crippen LogP contribution in [0.5, 0.6) is 28.7 Å². The number of carbonyl (C=O) groups excluding carboxylic acids is 4. The van der Waals surface area contributed by atoms with Crippen LogP contribution in [0.25, 0.3) is 0 Å². The number of nitrogens with zero attached hydrogens (tertiary/aromatic N) is 11. The Morgan fingerprint density at radius 3 is 1.23 bits per heavy atom. The van der Waals surface area contributed by atoms with Gasteiger partial charge in [-0.25, -0.2) is 46.9 Å². The predicted octanol–water partition coefficient (Wildman–Crippen LogP) is 0.463. The van der Waals surface area contributed by atoms with Crippen molar-refractivity contribution in [3.8, 4) is 28.7 Å². The van der Waals surface area contributed by atoms with Crippen LogP contribution in [0.3, 0.4) is 0 Å². The van der Waals surface area contributed by atoms with E-state index in [1.165, 1.54) is 50.8 Å². The fourth-order valence-corrected chi connectivity index (χ4v) is 11.7. The molecule has 3 unspecified atom stereocenters. The monoisotopic (exact) mass is 2460 g/mol. The van der Waals surface area contributed by atoms with Crippen molar-refractivity contribution in [1.82, 2.24) is 49.8 Å². The smallest absolute Gasteiger partial charge is 1.00 e. The Bertz CT molecular complexity index is 5740. The minimum absolute atomic E-state index is 0. The van der Waals surface area contributed by atoms with Gasteiger partial charge in [-0.1, -0.05) is 34.1 Å². The molecule has 3 radical (unpaired) electrons. The molecule has 0 saturated carbocycles. The first-order valence-electron chi connectivity index (χ1n) is 34.8. The van der Waals surface area contributed by atoms with Crippen LogP contribution < -0.4 is 326 Å². The Hall–Kier alpha value is -3.46. The van der Waals surface area contributed by atoms with E-state index in [0.29, 0.717) is 36.0 Å². The van der Waals surface area contributed by atoms with E-state index in [0.717, 1.165) is 66.9 Å². The summed E-state index contributed by atoms with van der Waals surface area (Å²) in [6, 6.07) is 9.37. The molecular weight excluding hydrogens is 2410 g/mol. The second-order valence-electron chi connectivity index (χ2n) is 24.3. The Morgan fingerprint density at radius 2 is 0.855 bits per heavy atom. The molecule has 0 spiro atoms. The van der Waals surface area contributed by atoms with Crippen molar-refractivity contribution in [1.29, 1.82) is 0 Å². The first-order chi connectivity index (χ1) is 61.5. The Labute approximate surface area is 1030 Å². The van der Waals surface area contributed by atoms with E-state index in [2.05, 4.69) is 96.8 Å². The van der Waals surface area contributed by atoms with Crippen LogP contribution in [-0.4, -0.2) is 175 Å². The molecular formula is C73H62BBrCl5Cs2F20K2N15NaO17S. The molecule has 727 valence electrons. The molecule has 1 aliphatic rings. The third-order valence-corrected chi connectivity index (χ3v) is 17.6. The topological polar surface area (TPSA) is 434 Å². The number of Topliss-reactive ketones (excluding diaryl/α,β-unsaturated/α-hetero) is 2. The molecule has 138 heavy (non-hydrogen) atoms. The summed E-state index contributed by atoms with van der Waals surface area (Å²) in [4.78, 5) is 84.6. The van der Waals surface area contributed by atoms with Crippen LogP contribution in [0, 0.1) is 29.1 Å². The van der Waals surface area contributed by atoms with Gasteiger partial charge in [-0.15, -0.1) is 0 Å². The Kier molecular flexibility index (Phi) is 66.3. The number of aliphatic hydroxyl groups is 1. The summed E-state index contributed by atoms with van der Waals surface area (Å²) >= 11 is 30.8. The number of aromatic hydroxyl groups is 1. The third kappa shape index (κ3) is 46.7. The van der Waals surface area contributed by atoms with Gasteiger partial charge in [0.25, 0.3) is 23.1 Å². The van der Waals surface area contributed by atoms with Crippen molar-refractivity contribution in [2.24, 2.45) is 0 Å². The van der Waals surface area contributed by atoms with Crippen LogP contribution in [0.15, 0.2) is 122 Å². The molecule has 6 N–H and O–H groups in total. The number of anilines is 5. The number of fused-ring (bicyclic) bond motifs is 1. The number of halogens is 26. The molecule has 0 fully saturated rings. The molecule has 0 saturated heterocycles. The molecule has 6 heterocycles. The van der Waals surface area contributed by atoms with Crippen LogP contribution in [0.1, 0.15) is 87.8 Å². The maximum atomic E-state index is 13.3. The van der Waals surface area contributed by atoms with Gasteiger partial charge in [0.05, 0.1) is 76.4 Å². The molecule has 5 aromatic heterocycles. The average molecular weight is 2470 g/mol. The summed E-state index contributed by atoms with van der Waals surface area (Å²) in [5, 5.41) is 46.1. The number of hydrogen-bond donors (Lipinski definition) is 6. The first-order valence-corrected chi connectivity index (χ1v) is 39.6. The number of ether oxygens (including phenoxy) is 4. The van der Waals surface area contributed by atoms with Gasteiger partial charge < -0.3 is 79.9 Å². The largest absolute Gasteiger partial charge is 1.00 e. The first kappa shape index (κ1) is 139. The second-order valence-corrected chi connectivity index (χ2v) is 28.2. The maximum absolute atomic E-state index is 13.3. The number of nitrogens with one attached hydrogen (secondary N) is 4. The number of carbonyl (C=O) groups is 4. The number of aromatic nitrogens is 10. The molecule has 10 aromatic rings. The molecule has 65 heteroatoms. The molecule has 5 aromatic carbocycles. The van der Waals surface area contributed by atoms with Crippen molar-refractivity contribution < 1.29 is 443 Å². The van der Waals surface area contributed by atoms with E-state index < -0.39 is 170 Å². The van der Waals surface area contributed by atoms with Gasteiger partial charge in [-0.2, -0.15) is 99.2 Å². The van der Waals surface area contributed by atoms with Gasteiger partial charge in [0.1, 0.15) is 61.1 Å². The molecule has 0 aliphatic carbocycles. The van der Waals surface area contributed by atoms with Crippen molar-refractivity contribution in [3.05, 3.63) is 233 Å². The van der Waals surface area contributed by atoms with E-state index in [4.69, 9.17) is 106 Å². The maximum Gasteiger partial charge on any atom is 1.00 e. The van der Waals surface area contributed by atoms with Gasteiger partial charge in [-0.3, -0.25) is 23.4 Å². The van der Waals surface area contributed by atoms with E-state index in [1.807, 2.05) is 0 Å². The van der Waals surface area contributed by atoms with E-state index >= 15 is 0 Å². The minimum Gasteiger partial charge on any atom is -1.00 e. The number of rotatable bonds is 23. The summed E-state index contributed by atoms with van der Waals surface area (Å²) < 4.78 is 309. The van der Waals surface area contributed by atoms with Gasteiger partial charge in [0.2, 0.25) is 32.2 Å². The average Bonchev–Trinajstić information content (AvgIpc) is 0.769. The van der Waals surface area contributed by atoms with Gasteiger partial charge in [0, 0.05) is 54.8 Å². The predicted molar refractivity (Wildman–Crippen MR) is 435 cm³/mol. The number of alkyl halides is 16. The van der Waals surface area contributed by atoms with Gasteiger partial charge in [-0.05, 0) is 147 Å². The van der Waals surface area contributed by atoms with E-state index in [-0.39, 0.29) is 398 Å². The molecule has 11 rings (SSSR count). The summed E-state index contributed by atoms with van der Waals surface area (Å²) in [5.41, 5.74) is -8.71. The number of likely N-dealkylation sites (N-methyl/N-ethyl adjacent to an activating group) is 1. The van der Waals surface area contributed by atoms with Crippen molar-refractivity contribution in [3.63, 3.8) is 0 Å². The Balaban J connectivity index is -0.000000383. The van der Waals surface area contributed by atoms with Crippen LogP contribution in [0.4, 0.5) is 117 Å². The summed E-state index contributed by atoms with van der Waals surface area (Å²) in [5.74, 6) is -5.43. The zero-order chi connectivity index (χ0) is 99.7. The Morgan fingerprint density at radius 1 is 0.529 bits per heavy atom. The minimum atomic E-state index is -4.95. The fourth-order valence-electron chi connectivity index (χ4n) is 10.1. The standard InChI is InChI=1S/C15H14ClF4N3O4S.C14H12ClF4N3O2.C14H10ClF4N3O2.C14H10ClF4N3O.C9H5BrF4O.C5H6ClN3O.2CH2O3.B.2Cs.2K.Na.3H/c1-21-13-11(6-22-14(16)23-13)26-7-12(27-28(2,24)25)9-4-3-8(17)5-10(9)15(18,19)20;2*1-20-12-11(5-21-13(15)22-12)24-6-10(23)8-3-2-7(16)4-9(8)14(17,18)19;1-22-10(6-23-11-5-20-13(15)21-12(11)22)8-3-2-7(16)4-9(8)14(17,18)19;10-4-8(15)6-2-1-5(11)3-7(6)9(12,13)14;1-7-4-3(10)2-8-5(6)9-4;2*2-1-4-3;;;;;;;;;/h3-6,12H,7H2,1-2H3,(H,21,22,23);2-5,10,23H,6H2,1H3,(H,20,21,22);2-5H,6H2,1H3,(H,20,21,22);2-5,10H,6H2,1H3;1-3H,4H2;2,10H,1H3,(H,7,8,9);2*1,3H;;;;;;;;;/q;;;;;;;;;5*+1;3*-1/p-2. The zero-order valence-corrected chi connectivity index (χ0v) is 99.2. The number of ketones is 2. The molecule has 3 atom stereocenters. The molecule has 0 bridgehead atoms. The quantitative estimate of drug-likeness (QED) is 0.00583. The summed E-state index contributed by atoms with van der Waals surface area (Å²) in [6.45, 7) is -2.31. The van der Waals surface area contributed by atoms with Gasteiger partial charge in [0.15, 0.2) is 70.2 Å². The normalized spacial score (nSPS) is 12.1. The van der Waals surface area contributed by atoms with Crippen LogP contribution in [-0.2, 0) is 64.5 Å². The number of aliphatic hydroxyl groups excluding tert-OH is 1. The van der Waals surface area contributed by atoms with Crippen molar-refractivity contribution in [2.45, 2.75) is 49.1 Å². The summed E-state index contributed by atoms with van der Waals surface area (Å²) in [7, 11) is 3.55. The molecule has 32 nitrogen and oxygen atoms in total. The zero-order valence-electron chi connectivity index (χ0n) is 75.2. The summed E-state index contributed by atoms with van der Waals surface area (Å²) in [6.07, 6.45) is -20.6. The van der Waals surface area contributed by atoms with Crippen LogP contribution >= 0.6 is 73.9 Å². The SMILES string of the molecule is CN1c2nc(Cl)ncc2OCC1c1ccc(F)cc1C(F)(F)F.CNc1nc(Cl)ncc1O.CNc1nc(Cl)ncc1OCC(=O)c1ccc(F)cc1C(F)(F)F.CNc1nc(Cl)ncc1OCC(O)c1ccc(F)cc1C(F)(F)F.CNc1nc(Cl)ncc1OCC(OS(C)(=O)=O)c1ccc(F)cc1C(F)(F)F.O=C(CBr)c1ccc(F)cc1C(F)(F)F.O=CO[O-].O=CO[O-].[B].[Cs+].[Cs+].[H-].[H-].[H-].[K+].[K+].[Na+]. The van der Waals surface area contributed by atoms with Crippen LogP contribution in [0.2, 0.25) is 26.4 Å². The fraction of sp³-hybridized carbons (Fsp3) is 0.260. The number of hydrogen-bond acceptors (Lipinski definition) is 32. The second kappa shape index (κ2) is 66.0. The number of benzene rings is 5. The van der Waals surface area contributed by atoms with Crippen molar-refractivity contribution in [2.75, 3.05) is 99.4 Å². The van der Waals surface area contributed by atoms with Crippen molar-refractivity contribution >= 4 is 146 Å². The third-order valence-electron chi connectivity index (χ3n) is 15.6. The van der Waals surface area contributed by atoms with E-state index in [1.54, 1.807) is 14.1 Å². The van der Waals surface area contributed by atoms with Gasteiger partial charge >= 0.3 is 301 Å². The molecule has 0 amide bonds.